The molecule has 2 rings (SSSR count). The third-order valence-electron chi connectivity index (χ3n) is 3.34. The zero-order chi connectivity index (χ0) is 18.6. The van der Waals surface area contributed by atoms with Crippen LogP contribution in [0.1, 0.15) is 18.9 Å². The minimum absolute atomic E-state index is 0.153. The number of hydrogen-bond acceptors (Lipinski definition) is 5. The number of aliphatic carboxylic acids is 1. The maximum Gasteiger partial charge on any atom is 0.341 e. The zero-order valence-corrected chi connectivity index (χ0v) is 15.3. The predicted octanol–water partition coefficient (Wildman–Crippen LogP) is 2.22. The smallest absolute Gasteiger partial charge is 0.341 e. The van der Waals surface area contributed by atoms with E-state index in [9.17, 15) is 14.4 Å². The second-order valence-corrected chi connectivity index (χ2v) is 6.01. The van der Waals surface area contributed by atoms with Gasteiger partial charge < -0.3 is 19.9 Å². The lowest BCUT2D eigenvalue weighted by Gasteiger charge is -2.12. The lowest BCUT2D eigenvalue weighted by atomic mass is 10.1. The Hall–Kier alpha value is -2.55. The summed E-state index contributed by atoms with van der Waals surface area (Å²) in [5, 5.41) is 11.2. The topological polar surface area (TPSA) is 105 Å². The molecule has 134 valence electrons. The van der Waals surface area contributed by atoms with Crippen molar-refractivity contribution in [3.8, 4) is 11.5 Å². The molecule has 0 spiro atoms. The third kappa shape index (κ3) is 4.30. The van der Waals surface area contributed by atoms with Gasteiger partial charge in [0.1, 0.15) is 5.70 Å². The summed E-state index contributed by atoms with van der Waals surface area (Å²) in [6, 6.07) is 2.66. The van der Waals surface area contributed by atoms with Crippen LogP contribution in [-0.2, 0) is 9.59 Å². The van der Waals surface area contributed by atoms with E-state index in [0.29, 0.717) is 28.8 Å². The second-order valence-electron chi connectivity index (χ2n) is 5.15. The number of carbonyl (C=O) groups is 3. The summed E-state index contributed by atoms with van der Waals surface area (Å²) in [5.41, 5.74) is 0.724. The van der Waals surface area contributed by atoms with E-state index in [-0.39, 0.29) is 11.4 Å². The normalized spacial score (nSPS) is 15.5. The molecule has 9 heteroatoms. The van der Waals surface area contributed by atoms with Gasteiger partial charge in [0.25, 0.3) is 5.91 Å². The zero-order valence-electron chi connectivity index (χ0n) is 13.7. The van der Waals surface area contributed by atoms with Crippen molar-refractivity contribution in [2.45, 2.75) is 13.3 Å². The maximum atomic E-state index is 12.3. The number of benzene rings is 1. The first-order chi connectivity index (χ1) is 11.9. The van der Waals surface area contributed by atoms with Gasteiger partial charge in [-0.1, -0.05) is 22.9 Å². The number of amides is 3. The number of rotatable bonds is 7. The summed E-state index contributed by atoms with van der Waals surface area (Å²) in [5.74, 6) is -0.963. The van der Waals surface area contributed by atoms with Crippen molar-refractivity contribution in [1.82, 2.24) is 10.2 Å². The van der Waals surface area contributed by atoms with Crippen molar-refractivity contribution in [2.24, 2.45) is 0 Å². The van der Waals surface area contributed by atoms with Crippen LogP contribution in [0, 0.1) is 0 Å². The lowest BCUT2D eigenvalue weighted by molar-refractivity contribution is -0.139. The summed E-state index contributed by atoms with van der Waals surface area (Å²) in [7, 11) is 1.42. The Balaban J connectivity index is 2.32. The molecule has 1 saturated heterocycles. The number of carboxylic acid groups (broad SMARTS) is 1. The van der Waals surface area contributed by atoms with Gasteiger partial charge >= 0.3 is 12.0 Å². The Morgan fingerprint density at radius 1 is 1.36 bits per heavy atom. The highest BCUT2D eigenvalue weighted by Gasteiger charge is 2.32. The van der Waals surface area contributed by atoms with E-state index >= 15 is 0 Å². The number of halogens is 1. The first-order valence-corrected chi connectivity index (χ1v) is 8.23. The quantitative estimate of drug-likeness (QED) is 0.525. The number of ether oxygens (including phenoxy) is 2. The maximum absolute atomic E-state index is 12.3. The Morgan fingerprint density at radius 2 is 2.08 bits per heavy atom. The van der Waals surface area contributed by atoms with E-state index < -0.39 is 24.5 Å². The fourth-order valence-electron chi connectivity index (χ4n) is 2.23. The molecule has 8 nitrogen and oxygen atoms in total. The van der Waals surface area contributed by atoms with Crippen molar-refractivity contribution in [1.29, 1.82) is 0 Å². The van der Waals surface area contributed by atoms with Gasteiger partial charge in [0.2, 0.25) is 0 Å². The Bertz CT molecular complexity index is 746. The van der Waals surface area contributed by atoms with E-state index in [1.165, 1.54) is 13.2 Å². The molecule has 0 aromatic heterocycles. The number of carbonyl (C=O) groups excluding carboxylic acids is 2. The summed E-state index contributed by atoms with van der Waals surface area (Å²) in [6.45, 7) is 1.71. The van der Waals surface area contributed by atoms with Gasteiger partial charge in [-0.05, 0) is 30.2 Å². The van der Waals surface area contributed by atoms with E-state index in [1.54, 1.807) is 12.1 Å². The van der Waals surface area contributed by atoms with Crippen molar-refractivity contribution >= 4 is 39.9 Å². The van der Waals surface area contributed by atoms with Gasteiger partial charge in [-0.25, -0.2) is 9.59 Å². The monoisotopic (exact) mass is 412 g/mol. The number of imide groups is 1. The van der Waals surface area contributed by atoms with Crippen LogP contribution < -0.4 is 14.8 Å². The molecule has 1 aromatic rings. The van der Waals surface area contributed by atoms with Crippen LogP contribution in [-0.4, -0.2) is 48.2 Å². The van der Waals surface area contributed by atoms with Gasteiger partial charge in [-0.2, -0.15) is 0 Å². The molecule has 0 bridgehead atoms. The molecule has 1 heterocycles. The first kappa shape index (κ1) is 18.8. The summed E-state index contributed by atoms with van der Waals surface area (Å²) < 4.78 is 10.9. The number of urea groups is 1. The fourth-order valence-corrected chi connectivity index (χ4v) is 2.66. The van der Waals surface area contributed by atoms with Gasteiger partial charge in [-0.15, -0.1) is 0 Å². The summed E-state index contributed by atoms with van der Waals surface area (Å²) in [4.78, 5) is 35.9. The molecule has 0 saturated carbocycles. The molecule has 0 radical (unpaired) electrons. The second kappa shape index (κ2) is 8.02. The molecule has 25 heavy (non-hydrogen) atoms. The van der Waals surface area contributed by atoms with Crippen LogP contribution in [0.5, 0.6) is 11.5 Å². The number of nitrogens with one attached hydrogen (secondary N) is 1. The summed E-state index contributed by atoms with van der Waals surface area (Å²) >= 11 is 3.34. The van der Waals surface area contributed by atoms with Crippen molar-refractivity contribution < 1.29 is 29.0 Å². The Labute approximate surface area is 152 Å². The highest BCUT2D eigenvalue weighted by atomic mass is 79.9. The molecule has 0 atom stereocenters. The molecule has 1 aromatic carbocycles. The van der Waals surface area contributed by atoms with Gasteiger partial charge in [-0.3, -0.25) is 9.69 Å². The molecule has 3 amide bonds. The van der Waals surface area contributed by atoms with Crippen LogP contribution in [0.15, 0.2) is 22.3 Å². The highest BCUT2D eigenvalue weighted by molar-refractivity contribution is 9.10. The fraction of sp³-hybridized carbons (Fsp3) is 0.312. The summed E-state index contributed by atoms with van der Waals surface area (Å²) in [6.07, 6.45) is 2.18. The number of hydrogen-bond donors (Lipinski definition) is 2. The van der Waals surface area contributed by atoms with Crippen LogP contribution in [0.2, 0.25) is 0 Å². The number of methoxy groups -OCH3 is 1. The van der Waals surface area contributed by atoms with Crippen molar-refractivity contribution in [3.05, 3.63) is 27.9 Å². The molecular weight excluding hydrogens is 396 g/mol. The molecule has 1 fully saturated rings. The predicted molar refractivity (Wildman–Crippen MR) is 92.3 cm³/mol. The standard InChI is InChI=1S/C16H17BrN2O6/c1-3-4-19-15(22)11(18-16(19)23)5-9-6-12(24-2)13(7-10(9)17)25-8-14(20)21/h5-7H,3-4,8H2,1-2H3,(H,18,23)(H,20,21)/b11-5+. The van der Waals surface area contributed by atoms with E-state index in [2.05, 4.69) is 21.2 Å². The van der Waals surface area contributed by atoms with E-state index in [4.69, 9.17) is 14.6 Å². The highest BCUT2D eigenvalue weighted by Crippen LogP contribution is 2.34. The Kier molecular flexibility index (Phi) is 6.02. The minimum Gasteiger partial charge on any atom is -0.493 e. The molecule has 1 aliphatic heterocycles. The van der Waals surface area contributed by atoms with Crippen LogP contribution in [0.3, 0.4) is 0 Å². The van der Waals surface area contributed by atoms with Crippen molar-refractivity contribution in [3.63, 3.8) is 0 Å². The van der Waals surface area contributed by atoms with Crippen molar-refractivity contribution in [2.75, 3.05) is 20.3 Å². The molecule has 0 aliphatic carbocycles. The first-order valence-electron chi connectivity index (χ1n) is 7.44. The average molecular weight is 413 g/mol. The van der Waals surface area contributed by atoms with Gasteiger partial charge in [0.05, 0.1) is 7.11 Å². The SMILES string of the molecule is CCCN1C(=O)N/C(=C/c2cc(OC)c(OCC(=O)O)cc2Br)C1=O. The third-order valence-corrected chi connectivity index (χ3v) is 4.03. The minimum atomic E-state index is -1.11. The van der Waals surface area contributed by atoms with Crippen LogP contribution in [0.25, 0.3) is 6.08 Å². The average Bonchev–Trinajstić information content (AvgIpc) is 2.82. The van der Waals surface area contributed by atoms with Gasteiger partial charge in [0, 0.05) is 11.0 Å². The van der Waals surface area contributed by atoms with Crippen LogP contribution in [0.4, 0.5) is 4.79 Å². The van der Waals surface area contributed by atoms with E-state index in [1.807, 2.05) is 6.92 Å². The molecular formula is C16H17BrN2O6. The largest absolute Gasteiger partial charge is 0.493 e. The van der Waals surface area contributed by atoms with Gasteiger partial charge in [0.15, 0.2) is 18.1 Å². The lowest BCUT2D eigenvalue weighted by Crippen LogP contribution is -2.31. The van der Waals surface area contributed by atoms with Crippen LogP contribution >= 0.6 is 15.9 Å². The molecule has 2 N–H and O–H groups in total. The van der Waals surface area contributed by atoms with E-state index in [0.717, 1.165) is 4.90 Å². The number of carboxylic acids is 1. The molecule has 1 aliphatic rings. The molecule has 0 unspecified atom stereocenters. The number of nitrogens with zero attached hydrogens (tertiary/aromatic N) is 1. The Morgan fingerprint density at radius 3 is 2.68 bits per heavy atom.